The van der Waals surface area contributed by atoms with E-state index in [1.807, 2.05) is 6.92 Å². The molecule has 112 valence electrons. The van der Waals surface area contributed by atoms with Crippen molar-refractivity contribution < 1.29 is 8.42 Å². The third kappa shape index (κ3) is 4.47. The number of hydrogen-bond acceptors (Lipinski definition) is 6. The molecular formula is C13H17N5O2S. The highest BCUT2D eigenvalue weighted by Gasteiger charge is 2.14. The van der Waals surface area contributed by atoms with E-state index in [1.54, 1.807) is 24.5 Å². The molecule has 2 heterocycles. The predicted octanol–water partition coefficient (Wildman–Crippen LogP) is 1.17. The number of sulfonamides is 1. The molecule has 0 saturated carbocycles. The summed E-state index contributed by atoms with van der Waals surface area (Å²) in [6.45, 7) is 2.94. The average Bonchev–Trinajstić information content (AvgIpc) is 2.52. The number of anilines is 1. The van der Waals surface area contributed by atoms with E-state index in [2.05, 4.69) is 25.0 Å². The van der Waals surface area contributed by atoms with Gasteiger partial charge in [-0.1, -0.05) is 13.0 Å². The van der Waals surface area contributed by atoms with Crippen LogP contribution in [-0.2, 0) is 16.6 Å². The molecule has 21 heavy (non-hydrogen) atoms. The van der Waals surface area contributed by atoms with Crippen molar-refractivity contribution in [2.75, 3.05) is 11.9 Å². The van der Waals surface area contributed by atoms with Crippen molar-refractivity contribution in [1.82, 2.24) is 19.7 Å². The zero-order valence-corrected chi connectivity index (χ0v) is 12.5. The summed E-state index contributed by atoms with van der Waals surface area (Å²) in [4.78, 5) is 11.9. The maximum Gasteiger partial charge on any atom is 0.243 e. The van der Waals surface area contributed by atoms with Gasteiger partial charge in [-0.25, -0.2) is 23.1 Å². The normalized spacial score (nSPS) is 11.3. The second-order valence-electron chi connectivity index (χ2n) is 4.35. The van der Waals surface area contributed by atoms with E-state index in [9.17, 15) is 8.42 Å². The van der Waals surface area contributed by atoms with Crippen molar-refractivity contribution in [1.29, 1.82) is 0 Å². The predicted molar refractivity (Wildman–Crippen MR) is 79.1 cm³/mol. The lowest BCUT2D eigenvalue weighted by molar-refractivity contribution is 0.580. The summed E-state index contributed by atoms with van der Waals surface area (Å²) in [5.41, 5.74) is 0.781. The van der Waals surface area contributed by atoms with Gasteiger partial charge >= 0.3 is 0 Å². The Labute approximate surface area is 123 Å². The number of hydrogen-bond donors (Lipinski definition) is 2. The van der Waals surface area contributed by atoms with Crippen LogP contribution in [0.4, 0.5) is 5.95 Å². The molecule has 0 aliphatic heterocycles. The summed E-state index contributed by atoms with van der Waals surface area (Å²) < 4.78 is 26.7. The van der Waals surface area contributed by atoms with Crippen molar-refractivity contribution in [3.8, 4) is 0 Å². The van der Waals surface area contributed by atoms with Crippen LogP contribution in [0.1, 0.15) is 18.9 Å². The monoisotopic (exact) mass is 307 g/mol. The van der Waals surface area contributed by atoms with Crippen LogP contribution >= 0.6 is 0 Å². The molecule has 0 fully saturated rings. The number of nitrogens with one attached hydrogen (secondary N) is 2. The van der Waals surface area contributed by atoms with Gasteiger partial charge in [-0.2, -0.15) is 0 Å². The van der Waals surface area contributed by atoms with E-state index in [1.165, 1.54) is 12.4 Å². The molecule has 0 aliphatic carbocycles. The average molecular weight is 307 g/mol. The van der Waals surface area contributed by atoms with Crippen LogP contribution in [0.25, 0.3) is 0 Å². The molecule has 2 rings (SSSR count). The van der Waals surface area contributed by atoms with Gasteiger partial charge in [0.1, 0.15) is 4.90 Å². The van der Waals surface area contributed by atoms with Crippen LogP contribution in [0.5, 0.6) is 0 Å². The molecule has 0 atom stereocenters. The second kappa shape index (κ2) is 7.09. The molecule has 0 unspecified atom stereocenters. The van der Waals surface area contributed by atoms with Crippen molar-refractivity contribution in [3.63, 3.8) is 0 Å². The molecule has 0 amide bonds. The minimum absolute atomic E-state index is 0.0356. The van der Waals surface area contributed by atoms with Gasteiger partial charge in [0.05, 0.1) is 12.4 Å². The van der Waals surface area contributed by atoms with Gasteiger partial charge in [-0.05, 0) is 18.1 Å². The Morgan fingerprint density at radius 1 is 1.19 bits per heavy atom. The lowest BCUT2D eigenvalue weighted by Crippen LogP contribution is -2.23. The maximum absolute atomic E-state index is 12.1. The highest BCUT2D eigenvalue weighted by molar-refractivity contribution is 7.89. The molecule has 0 spiro atoms. The Balaban J connectivity index is 2.02. The van der Waals surface area contributed by atoms with Gasteiger partial charge in [0, 0.05) is 25.5 Å². The Kier molecular flexibility index (Phi) is 5.18. The van der Waals surface area contributed by atoms with E-state index in [0.29, 0.717) is 5.95 Å². The number of nitrogens with zero attached hydrogens (tertiary/aromatic N) is 3. The van der Waals surface area contributed by atoms with Gasteiger partial charge in [-0.3, -0.25) is 4.98 Å². The van der Waals surface area contributed by atoms with E-state index < -0.39 is 10.0 Å². The highest BCUT2D eigenvalue weighted by atomic mass is 32.2. The van der Waals surface area contributed by atoms with Crippen LogP contribution in [0, 0.1) is 0 Å². The fraction of sp³-hybridized carbons (Fsp3) is 0.308. The Morgan fingerprint density at radius 2 is 1.95 bits per heavy atom. The second-order valence-corrected chi connectivity index (χ2v) is 6.12. The Bertz CT molecular complexity index is 659. The smallest absolute Gasteiger partial charge is 0.243 e. The molecule has 2 aromatic heterocycles. The topological polar surface area (TPSA) is 96.9 Å². The Hall–Kier alpha value is -2.06. The summed E-state index contributed by atoms with van der Waals surface area (Å²) in [5, 5.41) is 2.99. The molecule has 2 aromatic rings. The third-order valence-electron chi connectivity index (χ3n) is 2.66. The summed E-state index contributed by atoms with van der Waals surface area (Å²) in [6, 6.07) is 3.55. The molecular weight excluding hydrogens is 290 g/mol. The number of rotatable bonds is 7. The lowest BCUT2D eigenvalue weighted by Gasteiger charge is -2.07. The summed E-state index contributed by atoms with van der Waals surface area (Å²) in [6.07, 6.45) is 6.76. The maximum atomic E-state index is 12.1. The fourth-order valence-electron chi connectivity index (χ4n) is 1.55. The molecule has 0 radical (unpaired) electrons. The molecule has 0 aliphatic rings. The van der Waals surface area contributed by atoms with Gasteiger partial charge in [0.2, 0.25) is 16.0 Å². The minimum Gasteiger partial charge on any atom is -0.354 e. The van der Waals surface area contributed by atoms with Crippen molar-refractivity contribution in [2.24, 2.45) is 0 Å². The first-order chi connectivity index (χ1) is 10.1. The Morgan fingerprint density at radius 3 is 2.57 bits per heavy atom. The third-order valence-corrected chi connectivity index (χ3v) is 4.02. The van der Waals surface area contributed by atoms with Crippen LogP contribution in [0.15, 0.2) is 41.8 Å². The van der Waals surface area contributed by atoms with Crippen LogP contribution in [0.2, 0.25) is 0 Å². The van der Waals surface area contributed by atoms with Crippen LogP contribution in [0.3, 0.4) is 0 Å². The van der Waals surface area contributed by atoms with Crippen LogP contribution < -0.4 is 10.0 Å². The standard InChI is InChI=1S/C13H17N5O2S/c1-2-5-15-13-16-9-12(10-17-13)21(19,20)18-8-11-4-3-6-14-7-11/h3-4,6-7,9-10,18H,2,5,8H2,1H3,(H,15,16,17). The molecule has 8 heteroatoms. The zero-order chi connectivity index (χ0) is 15.1. The summed E-state index contributed by atoms with van der Waals surface area (Å²) in [5.74, 6) is 0.419. The van der Waals surface area contributed by atoms with Gasteiger partial charge < -0.3 is 5.32 Å². The van der Waals surface area contributed by atoms with Crippen molar-refractivity contribution in [2.45, 2.75) is 24.8 Å². The first kappa shape index (κ1) is 15.3. The molecule has 0 aromatic carbocycles. The number of pyridine rings is 1. The SMILES string of the molecule is CCCNc1ncc(S(=O)(=O)NCc2cccnc2)cn1. The minimum atomic E-state index is -3.63. The molecule has 0 bridgehead atoms. The summed E-state index contributed by atoms with van der Waals surface area (Å²) >= 11 is 0. The first-order valence-corrected chi connectivity index (χ1v) is 8.04. The van der Waals surface area contributed by atoms with Gasteiger partial charge in [0.15, 0.2) is 0 Å². The number of aromatic nitrogens is 3. The van der Waals surface area contributed by atoms with E-state index in [4.69, 9.17) is 0 Å². The van der Waals surface area contributed by atoms with Gasteiger partial charge in [0.25, 0.3) is 0 Å². The van der Waals surface area contributed by atoms with Crippen molar-refractivity contribution in [3.05, 3.63) is 42.5 Å². The van der Waals surface area contributed by atoms with E-state index in [-0.39, 0.29) is 11.4 Å². The summed E-state index contributed by atoms with van der Waals surface area (Å²) in [7, 11) is -3.63. The van der Waals surface area contributed by atoms with Crippen LogP contribution in [-0.4, -0.2) is 29.9 Å². The molecule has 7 nitrogen and oxygen atoms in total. The fourth-order valence-corrected chi connectivity index (χ4v) is 2.45. The van der Waals surface area contributed by atoms with E-state index in [0.717, 1.165) is 18.5 Å². The first-order valence-electron chi connectivity index (χ1n) is 6.56. The molecule has 0 saturated heterocycles. The van der Waals surface area contributed by atoms with Gasteiger partial charge in [-0.15, -0.1) is 0 Å². The van der Waals surface area contributed by atoms with E-state index >= 15 is 0 Å². The zero-order valence-electron chi connectivity index (χ0n) is 11.7. The molecule has 2 N–H and O–H groups in total. The highest BCUT2D eigenvalue weighted by Crippen LogP contribution is 2.08. The quantitative estimate of drug-likeness (QED) is 0.797. The largest absolute Gasteiger partial charge is 0.354 e. The van der Waals surface area contributed by atoms with Crippen molar-refractivity contribution >= 4 is 16.0 Å². The lowest BCUT2D eigenvalue weighted by atomic mass is 10.3.